The van der Waals surface area contributed by atoms with Gasteiger partial charge in [-0.15, -0.1) is 0 Å². The highest BCUT2D eigenvalue weighted by atomic mass is 79.9. The smallest absolute Gasteiger partial charge is 0.310 e. The van der Waals surface area contributed by atoms with E-state index in [0.717, 1.165) is 21.9 Å². The third-order valence-electron chi connectivity index (χ3n) is 3.61. The van der Waals surface area contributed by atoms with Crippen molar-refractivity contribution in [3.63, 3.8) is 0 Å². The summed E-state index contributed by atoms with van der Waals surface area (Å²) in [4.78, 5) is 1.79. The van der Waals surface area contributed by atoms with E-state index in [1.807, 2.05) is 54.6 Å². The molecular formula is C19H12Br2F3N. The molecule has 0 atom stereocenters. The zero-order chi connectivity index (χ0) is 18.0. The number of rotatable bonds is 3. The van der Waals surface area contributed by atoms with Crippen molar-refractivity contribution in [2.45, 2.75) is 6.18 Å². The molecular weight excluding hydrogens is 459 g/mol. The van der Waals surface area contributed by atoms with Crippen molar-refractivity contribution in [3.05, 3.63) is 87.3 Å². The number of benzene rings is 3. The highest BCUT2D eigenvalue weighted by molar-refractivity contribution is 9.10. The lowest BCUT2D eigenvalue weighted by Crippen LogP contribution is -2.12. The molecule has 0 heterocycles. The first-order chi connectivity index (χ1) is 11.9. The molecule has 0 fully saturated rings. The van der Waals surface area contributed by atoms with Gasteiger partial charge in [-0.25, -0.2) is 0 Å². The average Bonchev–Trinajstić information content (AvgIpc) is 2.58. The number of hydrogen-bond acceptors (Lipinski definition) is 1. The number of hydrogen-bond donors (Lipinski definition) is 0. The molecule has 3 rings (SSSR count). The Morgan fingerprint density at radius 1 is 0.680 bits per heavy atom. The zero-order valence-corrected chi connectivity index (χ0v) is 15.9. The Morgan fingerprint density at radius 3 is 1.84 bits per heavy atom. The molecule has 0 bridgehead atoms. The summed E-state index contributed by atoms with van der Waals surface area (Å²) in [5.41, 5.74) is 1.28. The van der Waals surface area contributed by atoms with Crippen molar-refractivity contribution < 1.29 is 13.2 Å². The van der Waals surface area contributed by atoms with E-state index >= 15 is 0 Å². The van der Waals surface area contributed by atoms with Crippen LogP contribution in [-0.4, -0.2) is 0 Å². The van der Waals surface area contributed by atoms with Crippen molar-refractivity contribution in [3.8, 4) is 0 Å². The molecule has 0 aliphatic heterocycles. The highest BCUT2D eigenvalue weighted by Gasteiger charge is 2.33. The van der Waals surface area contributed by atoms with Crippen molar-refractivity contribution >= 4 is 48.9 Å². The molecule has 25 heavy (non-hydrogen) atoms. The van der Waals surface area contributed by atoms with Crippen LogP contribution in [0.15, 0.2) is 81.7 Å². The van der Waals surface area contributed by atoms with Crippen LogP contribution in [0.1, 0.15) is 5.56 Å². The number of halogens is 5. The Hall–Kier alpha value is -1.79. The number of alkyl halides is 3. The van der Waals surface area contributed by atoms with Crippen molar-refractivity contribution in [2.24, 2.45) is 0 Å². The molecule has 0 aliphatic rings. The largest absolute Gasteiger partial charge is 0.417 e. The third kappa shape index (κ3) is 4.07. The van der Waals surface area contributed by atoms with Gasteiger partial charge in [0.05, 0.1) is 5.56 Å². The van der Waals surface area contributed by atoms with E-state index in [0.29, 0.717) is 5.69 Å². The lowest BCUT2D eigenvalue weighted by atomic mass is 10.1. The van der Waals surface area contributed by atoms with Crippen molar-refractivity contribution in [1.29, 1.82) is 0 Å². The van der Waals surface area contributed by atoms with Crippen LogP contribution >= 0.6 is 31.9 Å². The number of anilines is 3. The van der Waals surface area contributed by atoms with Crippen LogP contribution in [0, 0.1) is 0 Å². The lowest BCUT2D eigenvalue weighted by molar-refractivity contribution is -0.138. The van der Waals surface area contributed by atoms with E-state index in [1.165, 1.54) is 6.07 Å². The first kappa shape index (κ1) is 18.0. The zero-order valence-electron chi connectivity index (χ0n) is 12.8. The summed E-state index contributed by atoms with van der Waals surface area (Å²) in [5.74, 6) is 0. The second-order valence-electron chi connectivity index (χ2n) is 5.31. The van der Waals surface area contributed by atoms with E-state index < -0.39 is 11.7 Å². The summed E-state index contributed by atoms with van der Waals surface area (Å²) in [5, 5.41) is 0. The maximum Gasteiger partial charge on any atom is 0.417 e. The molecule has 128 valence electrons. The van der Waals surface area contributed by atoms with Gasteiger partial charge in [-0.2, -0.15) is 13.2 Å². The van der Waals surface area contributed by atoms with Gasteiger partial charge in [-0.3, -0.25) is 0 Å². The molecule has 6 heteroatoms. The van der Waals surface area contributed by atoms with Crippen LogP contribution < -0.4 is 4.90 Å². The van der Waals surface area contributed by atoms with Crippen molar-refractivity contribution in [2.75, 3.05) is 4.90 Å². The molecule has 0 radical (unpaired) electrons. The van der Waals surface area contributed by atoms with Crippen LogP contribution in [0.25, 0.3) is 0 Å². The fourth-order valence-corrected chi connectivity index (χ4v) is 3.22. The Bertz CT molecular complexity index is 862. The lowest BCUT2D eigenvalue weighted by Gasteiger charge is -2.26. The number of nitrogens with zero attached hydrogens (tertiary/aromatic N) is 1. The second kappa shape index (κ2) is 7.22. The summed E-state index contributed by atoms with van der Waals surface area (Å²) in [6, 6.07) is 20.9. The summed E-state index contributed by atoms with van der Waals surface area (Å²) in [7, 11) is 0. The van der Waals surface area contributed by atoms with Gasteiger partial charge in [0.2, 0.25) is 0 Å². The molecule has 3 aromatic rings. The van der Waals surface area contributed by atoms with E-state index in [2.05, 4.69) is 31.9 Å². The maximum absolute atomic E-state index is 13.3. The molecule has 1 nitrogen and oxygen atoms in total. The fourth-order valence-electron chi connectivity index (χ4n) is 2.48. The molecule has 0 N–H and O–H groups in total. The van der Waals surface area contributed by atoms with Crippen LogP contribution in [0.2, 0.25) is 0 Å². The van der Waals surface area contributed by atoms with E-state index in [4.69, 9.17) is 0 Å². The maximum atomic E-state index is 13.3. The molecule has 3 aromatic carbocycles. The summed E-state index contributed by atoms with van der Waals surface area (Å²) < 4.78 is 40.8. The van der Waals surface area contributed by atoms with Gasteiger partial charge < -0.3 is 4.90 Å². The SMILES string of the molecule is FC(F)(F)c1cc(N(c2ccccc2)c2ccc(Br)cc2)ccc1Br. The minimum atomic E-state index is -4.43. The van der Waals surface area contributed by atoms with Crippen LogP contribution in [0.4, 0.5) is 30.2 Å². The van der Waals surface area contributed by atoms with Crippen LogP contribution in [0.3, 0.4) is 0 Å². The Morgan fingerprint density at radius 2 is 1.24 bits per heavy atom. The van der Waals surface area contributed by atoms with Crippen LogP contribution in [0.5, 0.6) is 0 Å². The molecule has 0 saturated carbocycles. The Labute approximate surface area is 160 Å². The monoisotopic (exact) mass is 469 g/mol. The third-order valence-corrected chi connectivity index (χ3v) is 4.83. The van der Waals surface area contributed by atoms with Gasteiger partial charge in [-0.1, -0.05) is 50.1 Å². The molecule has 0 spiro atoms. The predicted molar refractivity (Wildman–Crippen MR) is 102 cm³/mol. The Balaban J connectivity index is 2.17. The standard InChI is InChI=1S/C19H12Br2F3N/c20-13-6-8-15(9-7-13)25(14-4-2-1-3-5-14)16-10-11-18(21)17(12-16)19(22,23)24/h1-12H. The molecule has 0 unspecified atom stereocenters. The Kier molecular flexibility index (Phi) is 5.20. The van der Waals surface area contributed by atoms with Gasteiger partial charge in [0, 0.05) is 26.0 Å². The first-order valence-corrected chi connectivity index (χ1v) is 8.92. The molecule has 0 aromatic heterocycles. The van der Waals surface area contributed by atoms with Gasteiger partial charge in [0.15, 0.2) is 0 Å². The van der Waals surface area contributed by atoms with Gasteiger partial charge in [0.1, 0.15) is 0 Å². The van der Waals surface area contributed by atoms with Crippen LogP contribution in [-0.2, 0) is 6.18 Å². The van der Waals surface area contributed by atoms with Crippen molar-refractivity contribution in [1.82, 2.24) is 0 Å². The fraction of sp³-hybridized carbons (Fsp3) is 0.0526. The first-order valence-electron chi connectivity index (χ1n) is 7.34. The summed E-state index contributed by atoms with van der Waals surface area (Å²) >= 11 is 6.37. The topological polar surface area (TPSA) is 3.24 Å². The van der Waals surface area contributed by atoms with Gasteiger partial charge >= 0.3 is 6.18 Å². The summed E-state index contributed by atoms with van der Waals surface area (Å²) in [6.07, 6.45) is -4.43. The summed E-state index contributed by atoms with van der Waals surface area (Å²) in [6.45, 7) is 0. The second-order valence-corrected chi connectivity index (χ2v) is 7.08. The average molecular weight is 471 g/mol. The number of para-hydroxylation sites is 1. The normalized spacial score (nSPS) is 11.4. The van der Waals surface area contributed by atoms with E-state index in [9.17, 15) is 13.2 Å². The minimum absolute atomic E-state index is 0.0209. The quantitative estimate of drug-likeness (QED) is 0.379. The van der Waals surface area contributed by atoms with E-state index in [-0.39, 0.29) is 4.47 Å². The minimum Gasteiger partial charge on any atom is -0.310 e. The molecule has 0 aliphatic carbocycles. The van der Waals surface area contributed by atoms with Gasteiger partial charge in [-0.05, 0) is 54.6 Å². The highest BCUT2D eigenvalue weighted by Crippen LogP contribution is 2.41. The molecule has 0 amide bonds. The van der Waals surface area contributed by atoms with Gasteiger partial charge in [0.25, 0.3) is 0 Å². The molecule has 0 saturated heterocycles. The predicted octanol–water partition coefficient (Wildman–Crippen LogP) is 7.70. The van der Waals surface area contributed by atoms with E-state index in [1.54, 1.807) is 11.0 Å².